The van der Waals surface area contributed by atoms with E-state index in [0.29, 0.717) is 11.8 Å². The molecule has 2 unspecified atom stereocenters. The third kappa shape index (κ3) is 4.76. The van der Waals surface area contributed by atoms with E-state index in [1.165, 1.54) is 17.2 Å². The third-order valence-corrected chi connectivity index (χ3v) is 6.59. The van der Waals surface area contributed by atoms with Crippen molar-refractivity contribution < 1.29 is 9.50 Å². The van der Waals surface area contributed by atoms with E-state index in [4.69, 9.17) is 0 Å². The Morgan fingerprint density at radius 2 is 1.82 bits per heavy atom. The minimum atomic E-state index is -0.336. The van der Waals surface area contributed by atoms with Crippen LogP contribution < -0.4 is 0 Å². The zero-order chi connectivity index (χ0) is 18.8. The first-order chi connectivity index (χ1) is 13.1. The van der Waals surface area contributed by atoms with Gasteiger partial charge in [-0.3, -0.25) is 0 Å². The summed E-state index contributed by atoms with van der Waals surface area (Å²) >= 11 is 0. The van der Waals surface area contributed by atoms with Crippen LogP contribution in [0.3, 0.4) is 0 Å². The molecule has 152 valence electrons. The molecule has 2 atom stereocenters. The molecular weight excluding hydrogens is 373 g/mol. The van der Waals surface area contributed by atoms with Crippen molar-refractivity contribution in [3.05, 3.63) is 70.5 Å². The highest BCUT2D eigenvalue weighted by atomic mass is 35.5. The zero-order valence-corrected chi connectivity index (χ0v) is 17.4. The molecule has 28 heavy (non-hydrogen) atoms. The highest BCUT2D eigenvalue weighted by Crippen LogP contribution is 2.35. The number of aliphatic hydroxyl groups excluding tert-OH is 1. The number of aliphatic hydroxyl groups is 1. The molecule has 4 rings (SSSR count). The first kappa shape index (κ1) is 21.3. The van der Waals surface area contributed by atoms with E-state index in [0.717, 1.165) is 62.9 Å². The van der Waals surface area contributed by atoms with Gasteiger partial charge in [-0.1, -0.05) is 30.3 Å². The summed E-state index contributed by atoms with van der Waals surface area (Å²) in [7, 11) is 0. The molecule has 0 spiro atoms. The minimum absolute atomic E-state index is 0. The number of likely N-dealkylation sites (tertiary alicyclic amines) is 1. The molecule has 1 N–H and O–H groups in total. The van der Waals surface area contributed by atoms with Gasteiger partial charge in [0, 0.05) is 6.54 Å². The largest absolute Gasteiger partial charge is 0.388 e. The standard InChI is InChI=1S/C24H30FNO.ClH/c1-17-4-2-7-23-22(17)9-8-18(14-24(23)27)16-26-12-10-19(11-13-26)20-5-3-6-21(25)15-20;/h2-7,15,18-19,24,27H,8-14,16H2,1H3;1H. The fourth-order valence-corrected chi connectivity index (χ4v) is 5.03. The predicted molar refractivity (Wildman–Crippen MR) is 115 cm³/mol. The van der Waals surface area contributed by atoms with Gasteiger partial charge in [0.1, 0.15) is 5.82 Å². The van der Waals surface area contributed by atoms with Crippen LogP contribution >= 0.6 is 12.4 Å². The number of fused-ring (bicyclic) bond motifs is 1. The van der Waals surface area contributed by atoms with E-state index < -0.39 is 0 Å². The maximum atomic E-state index is 13.5. The Kier molecular flexibility index (Phi) is 7.14. The number of halogens is 2. The average Bonchev–Trinajstić information content (AvgIpc) is 2.82. The lowest BCUT2D eigenvalue weighted by Gasteiger charge is -2.34. The predicted octanol–water partition coefficient (Wildman–Crippen LogP) is 5.42. The Morgan fingerprint density at radius 1 is 1.07 bits per heavy atom. The van der Waals surface area contributed by atoms with Crippen molar-refractivity contribution in [1.82, 2.24) is 4.90 Å². The van der Waals surface area contributed by atoms with E-state index in [1.807, 2.05) is 6.07 Å². The van der Waals surface area contributed by atoms with Crippen LogP contribution in [0.25, 0.3) is 0 Å². The van der Waals surface area contributed by atoms with Crippen LogP contribution in [0.5, 0.6) is 0 Å². The van der Waals surface area contributed by atoms with Gasteiger partial charge >= 0.3 is 0 Å². The van der Waals surface area contributed by atoms with Crippen molar-refractivity contribution >= 4 is 12.4 Å². The first-order valence-electron chi connectivity index (χ1n) is 10.3. The molecule has 0 bridgehead atoms. The Balaban J connectivity index is 0.00000225. The molecule has 1 aliphatic heterocycles. The quantitative estimate of drug-likeness (QED) is 0.691. The van der Waals surface area contributed by atoms with Crippen molar-refractivity contribution in [1.29, 1.82) is 0 Å². The summed E-state index contributed by atoms with van der Waals surface area (Å²) in [6, 6.07) is 13.4. The van der Waals surface area contributed by atoms with Gasteiger partial charge in [0.2, 0.25) is 0 Å². The van der Waals surface area contributed by atoms with Crippen LogP contribution in [0.1, 0.15) is 60.0 Å². The topological polar surface area (TPSA) is 23.5 Å². The zero-order valence-electron chi connectivity index (χ0n) is 16.6. The van der Waals surface area contributed by atoms with E-state index >= 15 is 0 Å². The minimum Gasteiger partial charge on any atom is -0.388 e. The summed E-state index contributed by atoms with van der Waals surface area (Å²) < 4.78 is 13.5. The highest BCUT2D eigenvalue weighted by Gasteiger charge is 2.27. The number of nitrogens with zero attached hydrogens (tertiary/aromatic N) is 1. The summed E-state index contributed by atoms with van der Waals surface area (Å²) in [6.45, 7) is 5.36. The van der Waals surface area contributed by atoms with Crippen molar-refractivity contribution in [2.45, 2.75) is 51.0 Å². The molecule has 0 radical (unpaired) electrons. The van der Waals surface area contributed by atoms with Gasteiger partial charge in [0.05, 0.1) is 6.10 Å². The lowest BCUT2D eigenvalue weighted by Crippen LogP contribution is -2.36. The van der Waals surface area contributed by atoms with Crippen molar-refractivity contribution in [3.8, 4) is 0 Å². The van der Waals surface area contributed by atoms with Gasteiger partial charge in [-0.05, 0) is 98.3 Å². The summed E-state index contributed by atoms with van der Waals surface area (Å²) in [4.78, 5) is 2.55. The molecule has 1 heterocycles. The monoisotopic (exact) mass is 403 g/mol. The van der Waals surface area contributed by atoms with Crippen LogP contribution in [0.4, 0.5) is 4.39 Å². The van der Waals surface area contributed by atoms with Gasteiger partial charge in [0.15, 0.2) is 0 Å². The third-order valence-electron chi connectivity index (χ3n) is 6.59. The van der Waals surface area contributed by atoms with Crippen LogP contribution in [0, 0.1) is 18.7 Å². The molecule has 1 fully saturated rings. The summed E-state index contributed by atoms with van der Waals surface area (Å²) in [5, 5.41) is 10.7. The number of rotatable bonds is 3. The van der Waals surface area contributed by atoms with Crippen LogP contribution in [0.2, 0.25) is 0 Å². The Labute approximate surface area is 174 Å². The normalized spacial score (nSPS) is 23.5. The van der Waals surface area contributed by atoms with Gasteiger partial charge < -0.3 is 10.0 Å². The molecule has 0 saturated carbocycles. The van der Waals surface area contributed by atoms with E-state index in [9.17, 15) is 9.50 Å². The van der Waals surface area contributed by atoms with Gasteiger partial charge in [-0.25, -0.2) is 4.39 Å². The van der Waals surface area contributed by atoms with Crippen LogP contribution in [0.15, 0.2) is 42.5 Å². The highest BCUT2D eigenvalue weighted by molar-refractivity contribution is 5.85. The Bertz CT molecular complexity index is 788. The lowest BCUT2D eigenvalue weighted by molar-refractivity contribution is 0.117. The molecule has 1 aliphatic carbocycles. The second kappa shape index (κ2) is 9.39. The molecule has 2 nitrogen and oxygen atoms in total. The molecular formula is C24H31ClFNO. The molecule has 2 aromatic rings. The Hall–Kier alpha value is -1.42. The first-order valence-corrected chi connectivity index (χ1v) is 10.3. The number of aryl methyl sites for hydroxylation is 1. The maximum Gasteiger partial charge on any atom is 0.123 e. The summed E-state index contributed by atoms with van der Waals surface area (Å²) in [5.41, 5.74) is 4.95. The fraction of sp³-hybridized carbons (Fsp3) is 0.500. The molecule has 1 saturated heterocycles. The van der Waals surface area contributed by atoms with Crippen LogP contribution in [-0.4, -0.2) is 29.6 Å². The van der Waals surface area contributed by atoms with Gasteiger partial charge in [-0.2, -0.15) is 0 Å². The second-order valence-electron chi connectivity index (χ2n) is 8.43. The van der Waals surface area contributed by atoms with Gasteiger partial charge in [0.25, 0.3) is 0 Å². The smallest absolute Gasteiger partial charge is 0.123 e. The SMILES string of the molecule is Cc1cccc2c1CCC(CN1CCC(c3cccc(F)c3)CC1)CC2O.Cl. The summed E-state index contributed by atoms with van der Waals surface area (Å²) in [5.74, 6) is 0.887. The fourth-order valence-electron chi connectivity index (χ4n) is 5.03. The molecule has 2 aliphatic rings. The molecule has 0 aromatic heterocycles. The number of piperidine rings is 1. The Morgan fingerprint density at radius 3 is 2.57 bits per heavy atom. The van der Waals surface area contributed by atoms with Crippen molar-refractivity contribution in [2.24, 2.45) is 5.92 Å². The average molecular weight is 404 g/mol. The lowest BCUT2D eigenvalue weighted by atomic mass is 9.88. The van der Waals surface area contributed by atoms with E-state index in [-0.39, 0.29) is 24.3 Å². The maximum absolute atomic E-state index is 13.5. The molecule has 4 heteroatoms. The number of hydrogen-bond donors (Lipinski definition) is 1. The second-order valence-corrected chi connectivity index (χ2v) is 8.43. The van der Waals surface area contributed by atoms with Gasteiger partial charge in [-0.15, -0.1) is 12.4 Å². The van der Waals surface area contributed by atoms with Crippen molar-refractivity contribution in [3.63, 3.8) is 0 Å². The van der Waals surface area contributed by atoms with Crippen LogP contribution in [-0.2, 0) is 6.42 Å². The number of benzene rings is 2. The summed E-state index contributed by atoms with van der Waals surface area (Å²) in [6.07, 6.45) is 4.94. The number of hydrogen-bond acceptors (Lipinski definition) is 2. The molecule has 2 aromatic carbocycles. The molecule has 0 amide bonds. The van der Waals surface area contributed by atoms with E-state index in [2.05, 4.69) is 36.1 Å². The van der Waals surface area contributed by atoms with E-state index in [1.54, 1.807) is 6.07 Å². The van der Waals surface area contributed by atoms with Crippen molar-refractivity contribution in [2.75, 3.05) is 19.6 Å².